The zero-order valence-electron chi connectivity index (χ0n) is 8.41. The Labute approximate surface area is 86.4 Å². The number of carbonyl (C=O) groups is 1. The van der Waals surface area contributed by atoms with Crippen LogP contribution in [0.15, 0.2) is 0 Å². The predicted molar refractivity (Wildman–Crippen MR) is 55.0 cm³/mol. The summed E-state index contributed by atoms with van der Waals surface area (Å²) >= 11 is 0. The van der Waals surface area contributed by atoms with Crippen LogP contribution in [0.3, 0.4) is 0 Å². The Kier molecular flexibility index (Phi) is 6.13. The van der Waals surface area contributed by atoms with Crippen molar-refractivity contribution >= 4 is 18.4 Å². The van der Waals surface area contributed by atoms with Crippen LogP contribution in [0, 0.1) is 11.8 Å². The van der Waals surface area contributed by atoms with E-state index in [0.29, 0.717) is 12.3 Å². The van der Waals surface area contributed by atoms with Crippen LogP contribution in [0.2, 0.25) is 0 Å². The Morgan fingerprint density at radius 1 is 1.31 bits per heavy atom. The van der Waals surface area contributed by atoms with Crippen LogP contribution < -0.4 is 0 Å². The molecule has 3 heteroatoms. The second kappa shape index (κ2) is 6.25. The molecular weight excluding hydrogens is 188 g/mol. The van der Waals surface area contributed by atoms with E-state index in [1.165, 1.54) is 32.8 Å². The van der Waals surface area contributed by atoms with Crippen LogP contribution >= 0.6 is 12.4 Å². The van der Waals surface area contributed by atoms with Crippen LogP contribution in [-0.4, -0.2) is 13.1 Å². The van der Waals surface area contributed by atoms with E-state index in [1.807, 2.05) is 0 Å². The first-order valence-corrected chi connectivity index (χ1v) is 4.79. The number of ether oxygens (including phenoxy) is 1. The molecule has 1 aliphatic rings. The molecule has 0 aromatic rings. The number of hydrogen-bond donors (Lipinski definition) is 0. The quantitative estimate of drug-likeness (QED) is 0.650. The molecule has 0 amide bonds. The Balaban J connectivity index is 0.00000144. The number of esters is 1. The normalized spacial score (nSPS) is 27.5. The monoisotopic (exact) mass is 206 g/mol. The highest BCUT2D eigenvalue weighted by atomic mass is 35.5. The molecule has 13 heavy (non-hydrogen) atoms. The van der Waals surface area contributed by atoms with Gasteiger partial charge in [0, 0.05) is 6.42 Å². The highest BCUT2D eigenvalue weighted by Gasteiger charge is 2.20. The summed E-state index contributed by atoms with van der Waals surface area (Å²) in [5.74, 6) is 1.40. The maximum absolute atomic E-state index is 10.9. The van der Waals surface area contributed by atoms with Crippen LogP contribution in [0.25, 0.3) is 0 Å². The Hall–Kier alpha value is -0.240. The number of carbonyl (C=O) groups excluding carboxylic acids is 1. The highest BCUT2D eigenvalue weighted by molar-refractivity contribution is 5.85. The fourth-order valence-electron chi connectivity index (χ4n) is 1.85. The van der Waals surface area contributed by atoms with Crippen molar-refractivity contribution in [3.05, 3.63) is 0 Å². The van der Waals surface area contributed by atoms with E-state index >= 15 is 0 Å². The average molecular weight is 207 g/mol. The third-order valence-electron chi connectivity index (χ3n) is 2.82. The van der Waals surface area contributed by atoms with Gasteiger partial charge in [0.2, 0.25) is 0 Å². The van der Waals surface area contributed by atoms with E-state index in [2.05, 4.69) is 11.7 Å². The van der Waals surface area contributed by atoms with E-state index in [-0.39, 0.29) is 18.4 Å². The van der Waals surface area contributed by atoms with Crippen molar-refractivity contribution in [1.82, 2.24) is 0 Å². The lowest BCUT2D eigenvalue weighted by Gasteiger charge is -2.24. The molecule has 1 rings (SSSR count). The van der Waals surface area contributed by atoms with Gasteiger partial charge in [-0.25, -0.2) is 0 Å². The summed E-state index contributed by atoms with van der Waals surface area (Å²) in [6, 6.07) is 0. The zero-order chi connectivity index (χ0) is 8.97. The van der Waals surface area contributed by atoms with Crippen molar-refractivity contribution < 1.29 is 9.53 Å². The average Bonchev–Trinajstić information content (AvgIpc) is 2.09. The van der Waals surface area contributed by atoms with E-state index in [4.69, 9.17) is 0 Å². The molecule has 1 saturated carbocycles. The van der Waals surface area contributed by atoms with Crippen LogP contribution in [0.1, 0.15) is 39.0 Å². The molecule has 0 atom stereocenters. The summed E-state index contributed by atoms with van der Waals surface area (Å²) in [6.07, 6.45) is 5.60. The lowest BCUT2D eigenvalue weighted by atomic mass is 9.81. The van der Waals surface area contributed by atoms with Crippen LogP contribution in [0.4, 0.5) is 0 Å². The van der Waals surface area contributed by atoms with Gasteiger partial charge in [-0.15, -0.1) is 12.4 Å². The number of hydrogen-bond acceptors (Lipinski definition) is 2. The van der Waals surface area contributed by atoms with Crippen molar-refractivity contribution in [3.8, 4) is 0 Å². The largest absolute Gasteiger partial charge is 0.469 e. The van der Waals surface area contributed by atoms with Gasteiger partial charge in [-0.3, -0.25) is 4.79 Å². The molecule has 0 radical (unpaired) electrons. The smallest absolute Gasteiger partial charge is 0.305 e. The third-order valence-corrected chi connectivity index (χ3v) is 2.82. The molecule has 2 nitrogen and oxygen atoms in total. The fraction of sp³-hybridized carbons (Fsp3) is 0.900. The third kappa shape index (κ3) is 4.51. The van der Waals surface area contributed by atoms with Gasteiger partial charge in [-0.2, -0.15) is 0 Å². The van der Waals surface area contributed by atoms with Crippen molar-refractivity contribution in [3.63, 3.8) is 0 Å². The summed E-state index contributed by atoms with van der Waals surface area (Å²) in [6.45, 7) is 2.29. The maximum Gasteiger partial charge on any atom is 0.305 e. The maximum atomic E-state index is 10.9. The number of rotatable bonds is 2. The van der Waals surface area contributed by atoms with Crippen LogP contribution in [0.5, 0.6) is 0 Å². The van der Waals surface area contributed by atoms with Crippen molar-refractivity contribution in [1.29, 1.82) is 0 Å². The first-order chi connectivity index (χ1) is 5.72. The zero-order valence-corrected chi connectivity index (χ0v) is 9.23. The van der Waals surface area contributed by atoms with Gasteiger partial charge in [0.25, 0.3) is 0 Å². The Bertz CT molecular complexity index is 151. The Morgan fingerprint density at radius 2 is 1.85 bits per heavy atom. The molecule has 0 heterocycles. The first-order valence-electron chi connectivity index (χ1n) is 4.79. The number of halogens is 1. The fourth-order valence-corrected chi connectivity index (χ4v) is 1.85. The molecule has 1 fully saturated rings. The van der Waals surface area contributed by atoms with Gasteiger partial charge in [0.1, 0.15) is 0 Å². The molecule has 0 aliphatic heterocycles. The molecule has 0 aromatic carbocycles. The van der Waals surface area contributed by atoms with Gasteiger partial charge in [0.05, 0.1) is 7.11 Å². The summed E-state index contributed by atoms with van der Waals surface area (Å²) < 4.78 is 4.64. The second-order valence-corrected chi connectivity index (χ2v) is 3.91. The minimum atomic E-state index is -0.0467. The molecule has 0 bridgehead atoms. The van der Waals surface area contributed by atoms with Crippen molar-refractivity contribution in [2.75, 3.05) is 7.11 Å². The molecule has 0 N–H and O–H groups in total. The molecule has 0 saturated heterocycles. The highest BCUT2D eigenvalue weighted by Crippen LogP contribution is 2.30. The standard InChI is InChI=1S/C10H18O2.ClH/c1-8-3-5-9(6-4-8)7-10(11)12-2;/h8-9H,3-7H2,1-2H3;1H. The molecule has 78 valence electrons. The van der Waals surface area contributed by atoms with Crippen LogP contribution in [-0.2, 0) is 9.53 Å². The summed E-state index contributed by atoms with van der Waals surface area (Å²) in [5.41, 5.74) is 0. The predicted octanol–water partition coefficient (Wildman–Crippen LogP) is 2.80. The topological polar surface area (TPSA) is 26.3 Å². The van der Waals surface area contributed by atoms with E-state index < -0.39 is 0 Å². The van der Waals surface area contributed by atoms with Gasteiger partial charge in [0.15, 0.2) is 0 Å². The van der Waals surface area contributed by atoms with Gasteiger partial charge < -0.3 is 4.74 Å². The van der Waals surface area contributed by atoms with Crippen molar-refractivity contribution in [2.45, 2.75) is 39.0 Å². The van der Waals surface area contributed by atoms with E-state index in [9.17, 15) is 4.79 Å². The second-order valence-electron chi connectivity index (χ2n) is 3.91. The number of methoxy groups -OCH3 is 1. The Morgan fingerprint density at radius 3 is 2.31 bits per heavy atom. The van der Waals surface area contributed by atoms with E-state index in [1.54, 1.807) is 0 Å². The SMILES string of the molecule is COC(=O)CC1CCC(C)CC1.Cl. The minimum absolute atomic E-state index is 0. The molecule has 0 spiro atoms. The minimum Gasteiger partial charge on any atom is -0.469 e. The summed E-state index contributed by atoms with van der Waals surface area (Å²) in [7, 11) is 1.47. The molecule has 0 aromatic heterocycles. The van der Waals surface area contributed by atoms with Gasteiger partial charge >= 0.3 is 5.97 Å². The first kappa shape index (κ1) is 12.8. The summed E-state index contributed by atoms with van der Waals surface area (Å²) in [5, 5.41) is 0. The van der Waals surface area contributed by atoms with E-state index in [0.717, 1.165) is 5.92 Å². The van der Waals surface area contributed by atoms with Crippen molar-refractivity contribution in [2.24, 2.45) is 11.8 Å². The van der Waals surface area contributed by atoms with Gasteiger partial charge in [-0.05, 0) is 24.7 Å². The van der Waals surface area contributed by atoms with Gasteiger partial charge in [-0.1, -0.05) is 19.8 Å². The molecule has 0 unspecified atom stereocenters. The summed E-state index contributed by atoms with van der Waals surface area (Å²) in [4.78, 5) is 10.9. The molecular formula is C10H19ClO2. The lowest BCUT2D eigenvalue weighted by Crippen LogP contribution is -2.16. The lowest BCUT2D eigenvalue weighted by molar-refractivity contribution is -0.142. The molecule has 1 aliphatic carbocycles.